The zero-order valence-corrected chi connectivity index (χ0v) is 11.8. The molecule has 0 saturated heterocycles. The summed E-state index contributed by atoms with van der Waals surface area (Å²) in [6.45, 7) is 2.90. The lowest BCUT2D eigenvalue weighted by Crippen LogP contribution is -2.37. The predicted molar refractivity (Wildman–Crippen MR) is 72.1 cm³/mol. The van der Waals surface area contributed by atoms with Crippen LogP contribution < -0.4 is 10.2 Å². The van der Waals surface area contributed by atoms with Crippen molar-refractivity contribution in [3.63, 3.8) is 0 Å². The highest BCUT2D eigenvalue weighted by molar-refractivity contribution is 5.61. The summed E-state index contributed by atoms with van der Waals surface area (Å²) < 4.78 is 38.4. The minimum absolute atomic E-state index is 0.0446. The summed E-state index contributed by atoms with van der Waals surface area (Å²) in [6.07, 6.45) is -1.35. The third kappa shape index (κ3) is 3.32. The molecule has 1 aliphatic rings. The van der Waals surface area contributed by atoms with Gasteiger partial charge in [-0.3, -0.25) is 0 Å². The van der Waals surface area contributed by atoms with Gasteiger partial charge in [0.05, 0.1) is 0 Å². The lowest BCUT2D eigenvalue weighted by Gasteiger charge is -2.28. The van der Waals surface area contributed by atoms with Crippen molar-refractivity contribution in [2.24, 2.45) is 0 Å². The number of nitrogens with one attached hydrogen (secondary N) is 1. The van der Waals surface area contributed by atoms with Crippen LogP contribution >= 0.6 is 0 Å². The topological polar surface area (TPSA) is 41.1 Å². The molecule has 1 fully saturated rings. The molecule has 0 atom stereocenters. The van der Waals surface area contributed by atoms with Gasteiger partial charge in [-0.2, -0.15) is 13.2 Å². The molecule has 1 aliphatic carbocycles. The lowest BCUT2D eigenvalue weighted by atomic mass is 10.0. The van der Waals surface area contributed by atoms with Crippen LogP contribution in [0.3, 0.4) is 0 Å². The van der Waals surface area contributed by atoms with E-state index in [1.807, 2.05) is 13.8 Å². The van der Waals surface area contributed by atoms with Crippen molar-refractivity contribution in [3.8, 4) is 0 Å². The van der Waals surface area contributed by atoms with E-state index >= 15 is 0 Å². The van der Waals surface area contributed by atoms with Crippen LogP contribution in [0.5, 0.6) is 0 Å². The molecule has 0 amide bonds. The fourth-order valence-electron chi connectivity index (χ4n) is 2.30. The van der Waals surface area contributed by atoms with Crippen LogP contribution in [0, 0.1) is 0 Å². The number of nitrogens with zero attached hydrogens (tertiary/aromatic N) is 3. The van der Waals surface area contributed by atoms with Crippen molar-refractivity contribution in [3.05, 3.63) is 11.9 Å². The zero-order chi connectivity index (χ0) is 14.9. The third-order valence-corrected chi connectivity index (χ3v) is 3.29. The van der Waals surface area contributed by atoms with Crippen LogP contribution in [0.4, 0.5) is 24.8 Å². The van der Waals surface area contributed by atoms with Crippen molar-refractivity contribution >= 4 is 11.6 Å². The van der Waals surface area contributed by atoms with E-state index in [9.17, 15) is 13.2 Å². The minimum atomic E-state index is -4.23. The Morgan fingerprint density at radius 1 is 1.35 bits per heavy atom. The van der Waals surface area contributed by atoms with Crippen molar-refractivity contribution in [1.82, 2.24) is 9.97 Å². The second kappa shape index (κ2) is 5.46. The monoisotopic (exact) mass is 288 g/mol. The molecule has 0 bridgehead atoms. The number of hydrogen-bond donors (Lipinski definition) is 1. The Kier molecular flexibility index (Phi) is 4.06. The fourth-order valence-corrected chi connectivity index (χ4v) is 2.30. The molecule has 112 valence electrons. The Hall–Kier alpha value is -1.53. The second-order valence-electron chi connectivity index (χ2n) is 5.34. The number of aromatic nitrogens is 2. The average Bonchev–Trinajstić information content (AvgIpc) is 3.18. The quantitative estimate of drug-likeness (QED) is 0.903. The molecule has 7 heteroatoms. The molecular formula is C13H19F3N4. The fraction of sp³-hybridized carbons (Fsp3) is 0.692. The first-order valence-corrected chi connectivity index (χ1v) is 6.69. The van der Waals surface area contributed by atoms with Gasteiger partial charge in [0.15, 0.2) is 0 Å². The van der Waals surface area contributed by atoms with E-state index in [-0.39, 0.29) is 12.0 Å². The zero-order valence-electron chi connectivity index (χ0n) is 11.8. The molecule has 1 heterocycles. The maximum atomic E-state index is 12.8. The smallest absolute Gasteiger partial charge is 0.373 e. The first-order valence-electron chi connectivity index (χ1n) is 6.69. The number of alkyl halides is 3. The summed E-state index contributed by atoms with van der Waals surface area (Å²) in [7, 11) is 1.71. The van der Waals surface area contributed by atoms with Gasteiger partial charge in [-0.25, -0.2) is 9.97 Å². The van der Waals surface area contributed by atoms with E-state index in [0.717, 1.165) is 18.4 Å². The van der Waals surface area contributed by atoms with Crippen LogP contribution in [0.2, 0.25) is 0 Å². The van der Waals surface area contributed by atoms with Gasteiger partial charge >= 0.3 is 6.18 Å². The van der Waals surface area contributed by atoms with Gasteiger partial charge in [0, 0.05) is 18.7 Å². The largest absolute Gasteiger partial charge is 0.405 e. The number of anilines is 2. The third-order valence-electron chi connectivity index (χ3n) is 3.29. The van der Waals surface area contributed by atoms with Crippen LogP contribution in [0.1, 0.15) is 38.2 Å². The van der Waals surface area contributed by atoms with E-state index in [4.69, 9.17) is 0 Å². The maximum Gasteiger partial charge on any atom is 0.405 e. The highest BCUT2D eigenvalue weighted by Gasteiger charge is 2.40. The van der Waals surface area contributed by atoms with E-state index in [1.54, 1.807) is 7.05 Å². The van der Waals surface area contributed by atoms with Crippen LogP contribution in [-0.4, -0.2) is 35.8 Å². The van der Waals surface area contributed by atoms with Crippen molar-refractivity contribution in [2.75, 3.05) is 23.8 Å². The second-order valence-corrected chi connectivity index (χ2v) is 5.34. The van der Waals surface area contributed by atoms with E-state index in [0.29, 0.717) is 11.6 Å². The summed E-state index contributed by atoms with van der Waals surface area (Å²) in [5.41, 5.74) is 0.742. The molecule has 1 aromatic rings. The van der Waals surface area contributed by atoms with Gasteiger partial charge in [-0.05, 0) is 18.8 Å². The highest BCUT2D eigenvalue weighted by atomic mass is 19.4. The Morgan fingerprint density at radius 2 is 2.00 bits per heavy atom. The van der Waals surface area contributed by atoms with Crippen molar-refractivity contribution in [1.29, 1.82) is 0 Å². The molecule has 0 aliphatic heterocycles. The summed E-state index contributed by atoms with van der Waals surface area (Å²) in [6, 6.07) is -0.0614. The van der Waals surface area contributed by atoms with Crippen LogP contribution in [0.15, 0.2) is 6.33 Å². The Morgan fingerprint density at radius 3 is 2.45 bits per heavy atom. The molecule has 0 radical (unpaired) electrons. The van der Waals surface area contributed by atoms with Gasteiger partial charge < -0.3 is 10.2 Å². The molecule has 0 spiro atoms. The maximum absolute atomic E-state index is 12.8. The molecule has 1 aromatic heterocycles. The molecule has 0 aromatic carbocycles. The van der Waals surface area contributed by atoms with Gasteiger partial charge in [-0.1, -0.05) is 13.8 Å². The van der Waals surface area contributed by atoms with Gasteiger partial charge in [-0.15, -0.1) is 0 Å². The average molecular weight is 288 g/mol. The van der Waals surface area contributed by atoms with E-state index in [1.165, 1.54) is 11.2 Å². The number of hydrogen-bond acceptors (Lipinski definition) is 4. The Balaban J connectivity index is 2.42. The molecule has 2 rings (SSSR count). The van der Waals surface area contributed by atoms with Crippen molar-refractivity contribution in [2.45, 2.75) is 44.8 Å². The highest BCUT2D eigenvalue weighted by Crippen LogP contribution is 2.38. The molecular weight excluding hydrogens is 269 g/mol. The first-order chi connectivity index (χ1) is 9.33. The standard InChI is InChI=1S/C13H19F3N4/c1-8(2)10-11(17-3)18-7-19-12(10)20(9-4-5-9)6-13(14,15)16/h7-9H,4-6H2,1-3H3,(H,17,18,19). The Labute approximate surface area is 116 Å². The van der Waals surface area contributed by atoms with Gasteiger partial charge in [0.1, 0.15) is 24.5 Å². The normalized spacial score (nSPS) is 15.6. The Bertz CT molecular complexity index is 469. The molecule has 1 N–H and O–H groups in total. The first kappa shape index (κ1) is 14.9. The van der Waals surface area contributed by atoms with Gasteiger partial charge in [0.2, 0.25) is 0 Å². The summed E-state index contributed by atoms with van der Waals surface area (Å²) in [5, 5.41) is 2.94. The van der Waals surface area contributed by atoms with E-state index < -0.39 is 12.7 Å². The van der Waals surface area contributed by atoms with Gasteiger partial charge in [0.25, 0.3) is 0 Å². The summed E-state index contributed by atoms with van der Waals surface area (Å²) >= 11 is 0. The lowest BCUT2D eigenvalue weighted by molar-refractivity contribution is -0.120. The van der Waals surface area contributed by atoms with E-state index in [2.05, 4.69) is 15.3 Å². The number of halogens is 3. The molecule has 0 unspecified atom stereocenters. The predicted octanol–water partition coefficient (Wildman–Crippen LogP) is 3.17. The molecule has 4 nitrogen and oxygen atoms in total. The van der Waals surface area contributed by atoms with Crippen LogP contribution in [-0.2, 0) is 0 Å². The summed E-state index contributed by atoms with van der Waals surface area (Å²) in [5.74, 6) is 1.04. The molecule has 20 heavy (non-hydrogen) atoms. The summed E-state index contributed by atoms with van der Waals surface area (Å²) in [4.78, 5) is 9.61. The number of rotatable bonds is 5. The van der Waals surface area contributed by atoms with Crippen LogP contribution in [0.25, 0.3) is 0 Å². The SMILES string of the molecule is CNc1ncnc(N(CC(F)(F)F)C2CC2)c1C(C)C. The van der Waals surface area contributed by atoms with Crippen molar-refractivity contribution < 1.29 is 13.2 Å². The minimum Gasteiger partial charge on any atom is -0.373 e. The molecule has 1 saturated carbocycles.